The number of aryl methyl sites for hydroxylation is 1. The molecule has 0 unspecified atom stereocenters. The number of anilines is 1. The molecule has 1 aromatic rings. The van der Waals surface area contributed by atoms with Crippen molar-refractivity contribution in [2.75, 3.05) is 18.9 Å². The van der Waals surface area contributed by atoms with Gasteiger partial charge in [0.05, 0.1) is 11.9 Å². The van der Waals surface area contributed by atoms with Gasteiger partial charge < -0.3 is 10.6 Å². The molecule has 0 radical (unpaired) electrons. The van der Waals surface area contributed by atoms with Crippen LogP contribution in [0.5, 0.6) is 0 Å². The summed E-state index contributed by atoms with van der Waals surface area (Å²) in [7, 11) is 3.87. The van der Waals surface area contributed by atoms with Crippen molar-refractivity contribution in [3.63, 3.8) is 0 Å². The molecule has 0 aliphatic rings. The van der Waals surface area contributed by atoms with Crippen molar-refractivity contribution >= 4 is 5.69 Å². The molecule has 74 valence electrons. The van der Waals surface area contributed by atoms with Gasteiger partial charge in [0.25, 0.3) is 0 Å². The van der Waals surface area contributed by atoms with Crippen LogP contribution in [0, 0.1) is 0 Å². The SMILES string of the molecule is CNC(C)(C)CNc1cnn(C)c1. The lowest BCUT2D eigenvalue weighted by atomic mass is 10.1. The van der Waals surface area contributed by atoms with Crippen molar-refractivity contribution in [1.82, 2.24) is 15.1 Å². The molecule has 0 spiro atoms. The van der Waals surface area contributed by atoms with E-state index in [1.165, 1.54) is 0 Å². The van der Waals surface area contributed by atoms with Gasteiger partial charge in [0.2, 0.25) is 0 Å². The molecule has 0 bridgehead atoms. The average molecular weight is 182 g/mol. The lowest BCUT2D eigenvalue weighted by Gasteiger charge is -2.24. The fraction of sp³-hybridized carbons (Fsp3) is 0.667. The van der Waals surface area contributed by atoms with E-state index in [1.807, 2.05) is 26.5 Å². The maximum atomic E-state index is 4.08. The van der Waals surface area contributed by atoms with Gasteiger partial charge in [-0.05, 0) is 20.9 Å². The van der Waals surface area contributed by atoms with Crippen LogP contribution in [0.1, 0.15) is 13.8 Å². The normalized spacial score (nSPS) is 11.7. The number of hydrogen-bond acceptors (Lipinski definition) is 3. The van der Waals surface area contributed by atoms with Gasteiger partial charge in [-0.15, -0.1) is 0 Å². The summed E-state index contributed by atoms with van der Waals surface area (Å²) in [6.45, 7) is 5.18. The summed E-state index contributed by atoms with van der Waals surface area (Å²) in [5.74, 6) is 0. The molecule has 4 heteroatoms. The van der Waals surface area contributed by atoms with Crippen LogP contribution in [0.3, 0.4) is 0 Å². The van der Waals surface area contributed by atoms with Crippen LogP contribution in [0.4, 0.5) is 5.69 Å². The molecule has 0 aromatic carbocycles. The van der Waals surface area contributed by atoms with E-state index in [4.69, 9.17) is 0 Å². The molecule has 1 heterocycles. The van der Waals surface area contributed by atoms with Crippen molar-refractivity contribution in [1.29, 1.82) is 0 Å². The van der Waals surface area contributed by atoms with E-state index >= 15 is 0 Å². The Morgan fingerprint density at radius 3 is 2.69 bits per heavy atom. The largest absolute Gasteiger partial charge is 0.381 e. The van der Waals surface area contributed by atoms with Crippen LogP contribution in [0.15, 0.2) is 12.4 Å². The Labute approximate surface area is 79.3 Å². The summed E-state index contributed by atoms with van der Waals surface area (Å²) < 4.78 is 1.79. The Bertz CT molecular complexity index is 264. The standard InChI is InChI=1S/C9H18N4/c1-9(2,10-3)7-11-8-5-12-13(4)6-8/h5-6,10-11H,7H2,1-4H3. The molecule has 0 fully saturated rings. The number of hydrogen-bond donors (Lipinski definition) is 2. The first-order valence-corrected chi connectivity index (χ1v) is 4.45. The molecule has 0 saturated heterocycles. The second-order valence-electron chi connectivity index (χ2n) is 3.89. The van der Waals surface area contributed by atoms with Crippen LogP contribution in [-0.4, -0.2) is 28.9 Å². The van der Waals surface area contributed by atoms with E-state index in [-0.39, 0.29) is 5.54 Å². The summed E-state index contributed by atoms with van der Waals surface area (Å²) in [6.07, 6.45) is 3.79. The van der Waals surface area contributed by atoms with Gasteiger partial charge in [0, 0.05) is 25.3 Å². The van der Waals surface area contributed by atoms with E-state index in [0.29, 0.717) is 0 Å². The molecule has 0 aliphatic carbocycles. The molecule has 4 nitrogen and oxygen atoms in total. The third-order valence-electron chi connectivity index (χ3n) is 2.12. The highest BCUT2D eigenvalue weighted by Crippen LogP contribution is 2.06. The molecular formula is C9H18N4. The Morgan fingerprint density at radius 1 is 1.54 bits per heavy atom. The minimum Gasteiger partial charge on any atom is -0.381 e. The molecule has 0 saturated carbocycles. The Balaban J connectivity index is 2.43. The van der Waals surface area contributed by atoms with Gasteiger partial charge >= 0.3 is 0 Å². The summed E-state index contributed by atoms with van der Waals surface area (Å²) in [4.78, 5) is 0. The molecule has 0 amide bonds. The Kier molecular flexibility index (Phi) is 2.93. The highest BCUT2D eigenvalue weighted by Gasteiger charge is 2.13. The van der Waals surface area contributed by atoms with Crippen molar-refractivity contribution in [2.45, 2.75) is 19.4 Å². The van der Waals surface area contributed by atoms with Gasteiger partial charge in [-0.2, -0.15) is 5.10 Å². The first-order valence-electron chi connectivity index (χ1n) is 4.45. The third-order valence-corrected chi connectivity index (χ3v) is 2.12. The first kappa shape index (κ1) is 10.1. The van der Waals surface area contributed by atoms with Gasteiger partial charge in [-0.1, -0.05) is 0 Å². The molecule has 13 heavy (non-hydrogen) atoms. The number of rotatable bonds is 4. The first-order chi connectivity index (χ1) is 6.03. The van der Waals surface area contributed by atoms with Gasteiger partial charge in [0.1, 0.15) is 0 Å². The minimum atomic E-state index is 0.107. The fourth-order valence-electron chi connectivity index (χ4n) is 0.924. The second-order valence-corrected chi connectivity index (χ2v) is 3.89. The molecule has 1 rings (SSSR count). The number of likely N-dealkylation sites (N-methyl/N-ethyl adjacent to an activating group) is 1. The zero-order valence-corrected chi connectivity index (χ0v) is 8.76. The zero-order chi connectivity index (χ0) is 9.90. The van der Waals surface area contributed by atoms with Crippen LogP contribution >= 0.6 is 0 Å². The van der Waals surface area contributed by atoms with E-state index in [0.717, 1.165) is 12.2 Å². The molecule has 2 N–H and O–H groups in total. The molecule has 0 aliphatic heterocycles. The smallest absolute Gasteiger partial charge is 0.0727 e. The highest BCUT2D eigenvalue weighted by molar-refractivity contribution is 5.38. The van der Waals surface area contributed by atoms with E-state index in [2.05, 4.69) is 29.6 Å². The van der Waals surface area contributed by atoms with Crippen LogP contribution < -0.4 is 10.6 Å². The van der Waals surface area contributed by atoms with Crippen molar-refractivity contribution in [2.24, 2.45) is 7.05 Å². The summed E-state index contributed by atoms with van der Waals surface area (Å²) >= 11 is 0. The lowest BCUT2D eigenvalue weighted by molar-refractivity contribution is 0.448. The number of nitrogens with one attached hydrogen (secondary N) is 2. The highest BCUT2D eigenvalue weighted by atomic mass is 15.3. The summed E-state index contributed by atoms with van der Waals surface area (Å²) in [5.41, 5.74) is 1.17. The van der Waals surface area contributed by atoms with Gasteiger partial charge in [0.15, 0.2) is 0 Å². The van der Waals surface area contributed by atoms with E-state index in [9.17, 15) is 0 Å². The number of nitrogens with zero attached hydrogens (tertiary/aromatic N) is 2. The van der Waals surface area contributed by atoms with Gasteiger partial charge in [-0.3, -0.25) is 4.68 Å². The Hall–Kier alpha value is -1.03. The Morgan fingerprint density at radius 2 is 2.23 bits per heavy atom. The zero-order valence-electron chi connectivity index (χ0n) is 8.76. The second kappa shape index (κ2) is 3.79. The third kappa shape index (κ3) is 3.06. The monoisotopic (exact) mass is 182 g/mol. The quantitative estimate of drug-likeness (QED) is 0.724. The van der Waals surface area contributed by atoms with Crippen LogP contribution in [-0.2, 0) is 7.05 Å². The minimum absolute atomic E-state index is 0.107. The topological polar surface area (TPSA) is 41.9 Å². The molecule has 1 aromatic heterocycles. The van der Waals surface area contributed by atoms with E-state index in [1.54, 1.807) is 4.68 Å². The predicted octanol–water partition coefficient (Wildman–Crippen LogP) is 0.830. The molecule has 0 atom stereocenters. The number of aromatic nitrogens is 2. The maximum Gasteiger partial charge on any atom is 0.0727 e. The molecular weight excluding hydrogens is 164 g/mol. The van der Waals surface area contributed by atoms with Gasteiger partial charge in [-0.25, -0.2) is 0 Å². The summed E-state index contributed by atoms with van der Waals surface area (Å²) in [6, 6.07) is 0. The van der Waals surface area contributed by atoms with Crippen molar-refractivity contribution < 1.29 is 0 Å². The van der Waals surface area contributed by atoms with E-state index < -0.39 is 0 Å². The van der Waals surface area contributed by atoms with Crippen molar-refractivity contribution in [3.05, 3.63) is 12.4 Å². The lowest BCUT2D eigenvalue weighted by Crippen LogP contribution is -2.42. The fourth-order valence-corrected chi connectivity index (χ4v) is 0.924. The van der Waals surface area contributed by atoms with Crippen molar-refractivity contribution in [3.8, 4) is 0 Å². The maximum absolute atomic E-state index is 4.08. The summed E-state index contributed by atoms with van der Waals surface area (Å²) in [5, 5.41) is 10.6. The average Bonchev–Trinajstić information content (AvgIpc) is 2.48. The van der Waals surface area contributed by atoms with Crippen LogP contribution in [0.25, 0.3) is 0 Å². The van der Waals surface area contributed by atoms with Crippen LogP contribution in [0.2, 0.25) is 0 Å². The predicted molar refractivity (Wildman–Crippen MR) is 54.8 cm³/mol.